The zero-order chi connectivity index (χ0) is 32.5. The van der Waals surface area contributed by atoms with E-state index in [1.54, 1.807) is 31.3 Å². The lowest BCUT2D eigenvalue weighted by Gasteiger charge is -2.28. The molecule has 0 unspecified atom stereocenters. The topological polar surface area (TPSA) is 140 Å². The fourth-order valence-corrected chi connectivity index (χ4v) is 6.73. The van der Waals surface area contributed by atoms with Gasteiger partial charge in [-0.2, -0.15) is 5.10 Å². The second kappa shape index (κ2) is 16.3. The first-order valence-corrected chi connectivity index (χ1v) is 16.2. The first kappa shape index (κ1) is 34.6. The van der Waals surface area contributed by atoms with Gasteiger partial charge in [-0.15, -0.1) is 0 Å². The van der Waals surface area contributed by atoms with E-state index in [-0.39, 0.29) is 12.2 Å². The van der Waals surface area contributed by atoms with E-state index in [4.69, 9.17) is 30.5 Å². The number of halogens is 3. The second-order valence-corrected chi connectivity index (χ2v) is 12.4. The van der Waals surface area contributed by atoms with E-state index < -0.39 is 24.3 Å². The molecule has 0 bridgehead atoms. The number of carbonyl (C=O) groups is 2. The van der Waals surface area contributed by atoms with Crippen LogP contribution in [-0.2, 0) is 16.1 Å². The molecule has 45 heavy (non-hydrogen) atoms. The minimum absolute atomic E-state index is 0.140. The summed E-state index contributed by atoms with van der Waals surface area (Å²) < 4.78 is 24.3. The van der Waals surface area contributed by atoms with Crippen molar-refractivity contribution in [3.8, 4) is 17.2 Å². The van der Waals surface area contributed by atoms with Gasteiger partial charge in [0.25, 0.3) is 0 Å². The van der Waals surface area contributed by atoms with Gasteiger partial charge in [-0.1, -0.05) is 29.8 Å². The Balaban J connectivity index is 1.37. The summed E-state index contributed by atoms with van der Waals surface area (Å²) in [6.07, 6.45) is 0.463. The van der Waals surface area contributed by atoms with E-state index >= 15 is 0 Å². The molecular formula is C31H31ClI2N4O7. The predicted octanol–water partition coefficient (Wildman–Crippen LogP) is 5.65. The van der Waals surface area contributed by atoms with Crippen LogP contribution in [0.4, 0.5) is 4.79 Å². The van der Waals surface area contributed by atoms with E-state index in [0.29, 0.717) is 41.0 Å². The van der Waals surface area contributed by atoms with Gasteiger partial charge in [-0.25, -0.2) is 9.59 Å². The third kappa shape index (κ3) is 9.37. The maximum absolute atomic E-state index is 12.4. The number of nitrogens with zero attached hydrogens (tertiary/aromatic N) is 1. The smallest absolute Gasteiger partial charge is 0.337 e. The fourth-order valence-electron chi connectivity index (χ4n) is 4.39. The van der Waals surface area contributed by atoms with E-state index in [9.17, 15) is 14.7 Å². The molecule has 4 N–H and O–H groups in total. The molecule has 0 aliphatic carbocycles. The molecule has 11 nitrogen and oxygen atoms in total. The Bertz CT molecular complexity index is 1600. The maximum atomic E-state index is 12.4. The quantitative estimate of drug-likeness (QED) is 0.0570. The molecule has 3 aromatic carbocycles. The average Bonchev–Trinajstić information content (AvgIpc) is 2.99. The third-order valence-electron chi connectivity index (χ3n) is 6.40. The number of hydrogen-bond donors (Lipinski definition) is 4. The highest BCUT2D eigenvalue weighted by molar-refractivity contribution is 14.1. The molecule has 0 spiro atoms. The highest BCUT2D eigenvalue weighted by atomic mass is 127. The molecule has 0 fully saturated rings. The number of carbonyl (C=O) groups excluding carboxylic acids is 2. The first-order valence-electron chi connectivity index (χ1n) is 13.7. The van der Waals surface area contributed by atoms with Crippen LogP contribution in [0.3, 0.4) is 0 Å². The van der Waals surface area contributed by atoms with Gasteiger partial charge < -0.3 is 34.7 Å². The summed E-state index contributed by atoms with van der Waals surface area (Å²) in [6, 6.07) is 15.2. The Morgan fingerprint density at radius 2 is 1.87 bits per heavy atom. The van der Waals surface area contributed by atoms with Crippen LogP contribution in [0.15, 0.2) is 71.0 Å². The van der Waals surface area contributed by atoms with Crippen LogP contribution in [0, 0.1) is 7.14 Å². The molecular weight excluding hydrogens is 830 g/mol. The van der Waals surface area contributed by atoms with Gasteiger partial charge in [0.05, 0.1) is 38.7 Å². The number of esters is 1. The number of amides is 2. The summed E-state index contributed by atoms with van der Waals surface area (Å²) in [6.45, 7) is 4.04. The van der Waals surface area contributed by atoms with Crippen molar-refractivity contribution in [1.82, 2.24) is 16.1 Å². The molecule has 0 saturated heterocycles. The van der Waals surface area contributed by atoms with Crippen molar-refractivity contribution >= 4 is 75.0 Å². The SMILES string of the molecule is CCOc1cc([C@@H]2NC(=O)NC(C)=C2C(=O)OC)ccc1OC[C@@H](O)N/N=C/c1cc(I)c(OCc2cccc(Cl)c2)c(I)c1. The van der Waals surface area contributed by atoms with Crippen LogP contribution in [-0.4, -0.2) is 49.9 Å². The number of allylic oxidation sites excluding steroid dienone is 1. The van der Waals surface area contributed by atoms with Gasteiger partial charge in [0.1, 0.15) is 19.0 Å². The molecule has 2 atom stereocenters. The van der Waals surface area contributed by atoms with Crippen molar-refractivity contribution in [3.05, 3.63) is 94.7 Å². The zero-order valence-electron chi connectivity index (χ0n) is 24.5. The van der Waals surface area contributed by atoms with Crippen molar-refractivity contribution in [3.63, 3.8) is 0 Å². The lowest BCUT2D eigenvalue weighted by atomic mass is 9.95. The molecule has 1 aliphatic rings. The number of aliphatic hydroxyl groups excluding tert-OH is 1. The number of rotatable bonds is 13. The van der Waals surface area contributed by atoms with Crippen molar-refractivity contribution < 1.29 is 33.6 Å². The molecule has 4 rings (SSSR count). The van der Waals surface area contributed by atoms with E-state index in [2.05, 4.69) is 66.3 Å². The first-order chi connectivity index (χ1) is 21.6. The number of hydrazone groups is 1. The largest absolute Gasteiger partial charge is 0.490 e. The molecule has 0 aromatic heterocycles. The highest BCUT2D eigenvalue weighted by Crippen LogP contribution is 2.35. The van der Waals surface area contributed by atoms with E-state index in [0.717, 1.165) is 24.0 Å². The Morgan fingerprint density at radius 3 is 2.56 bits per heavy atom. The number of urea groups is 1. The van der Waals surface area contributed by atoms with Crippen LogP contribution >= 0.6 is 56.8 Å². The van der Waals surface area contributed by atoms with Gasteiger partial charge in [0.2, 0.25) is 0 Å². The van der Waals surface area contributed by atoms with Gasteiger partial charge in [-0.05, 0) is 112 Å². The number of aliphatic hydroxyl groups is 1. The monoisotopic (exact) mass is 860 g/mol. The van der Waals surface area contributed by atoms with Gasteiger partial charge >= 0.3 is 12.0 Å². The summed E-state index contributed by atoms with van der Waals surface area (Å²) in [5, 5.41) is 20.6. The second-order valence-electron chi connectivity index (χ2n) is 9.65. The van der Waals surface area contributed by atoms with Gasteiger partial charge in [-0.3, -0.25) is 5.43 Å². The summed E-state index contributed by atoms with van der Waals surface area (Å²) in [4.78, 5) is 24.6. The lowest BCUT2D eigenvalue weighted by molar-refractivity contribution is -0.136. The summed E-state index contributed by atoms with van der Waals surface area (Å²) in [5.41, 5.74) is 5.70. The van der Waals surface area contributed by atoms with Crippen LogP contribution < -0.4 is 30.3 Å². The summed E-state index contributed by atoms with van der Waals surface area (Å²) in [5.74, 6) is 0.937. The van der Waals surface area contributed by atoms with Crippen molar-refractivity contribution in [1.29, 1.82) is 0 Å². The predicted molar refractivity (Wildman–Crippen MR) is 187 cm³/mol. The Labute approximate surface area is 293 Å². The number of benzene rings is 3. The minimum Gasteiger partial charge on any atom is -0.490 e. The highest BCUT2D eigenvalue weighted by Gasteiger charge is 2.32. The molecule has 238 valence electrons. The van der Waals surface area contributed by atoms with E-state index in [1.807, 2.05) is 43.3 Å². The van der Waals surface area contributed by atoms with Gasteiger partial charge in [0.15, 0.2) is 17.7 Å². The Hall–Kier alpha value is -3.28. The average molecular weight is 861 g/mol. The molecule has 0 saturated carbocycles. The molecule has 1 heterocycles. The van der Waals surface area contributed by atoms with Crippen molar-refractivity contribution in [2.45, 2.75) is 32.7 Å². The fraction of sp³-hybridized carbons (Fsp3) is 0.258. The van der Waals surface area contributed by atoms with Crippen molar-refractivity contribution in [2.24, 2.45) is 5.10 Å². The van der Waals surface area contributed by atoms with Crippen LogP contribution in [0.1, 0.15) is 36.6 Å². The number of ether oxygens (including phenoxy) is 4. The standard InChI is InChI=1S/C31H31ClI2N4O7/c1-4-43-25-13-20(28-27(30(40)42-3)17(2)36-31(41)37-28)8-9-24(25)44-16-26(39)38-35-14-19-11-22(33)29(23(34)12-19)45-15-18-6-5-7-21(32)10-18/h5-14,26,28,38-39H,4,15-16H2,1-3H3,(H2,36,37,41)/b35-14+/t26-,28+/m1/s1. The Kier molecular flexibility index (Phi) is 12.6. The zero-order valence-corrected chi connectivity index (χ0v) is 29.6. The summed E-state index contributed by atoms with van der Waals surface area (Å²) >= 11 is 10.5. The van der Waals surface area contributed by atoms with Crippen LogP contribution in [0.5, 0.6) is 17.2 Å². The number of nitrogens with one attached hydrogen (secondary N) is 3. The molecule has 2 amide bonds. The Morgan fingerprint density at radius 1 is 1.11 bits per heavy atom. The minimum atomic E-state index is -1.13. The molecule has 3 aromatic rings. The van der Waals surface area contributed by atoms with E-state index in [1.165, 1.54) is 7.11 Å². The van der Waals surface area contributed by atoms with Crippen LogP contribution in [0.2, 0.25) is 5.02 Å². The molecule has 0 radical (unpaired) electrons. The van der Waals surface area contributed by atoms with Gasteiger partial charge in [0, 0.05) is 10.7 Å². The van der Waals surface area contributed by atoms with Crippen molar-refractivity contribution in [2.75, 3.05) is 20.3 Å². The summed E-state index contributed by atoms with van der Waals surface area (Å²) in [7, 11) is 1.28. The normalized spacial score (nSPS) is 15.3. The molecule has 1 aliphatic heterocycles. The third-order valence-corrected chi connectivity index (χ3v) is 8.24. The lowest BCUT2D eigenvalue weighted by Crippen LogP contribution is -2.45. The van der Waals surface area contributed by atoms with Crippen LogP contribution in [0.25, 0.3) is 0 Å². The number of hydrogen-bond acceptors (Lipinski definition) is 9. The maximum Gasteiger partial charge on any atom is 0.337 e. The number of methoxy groups -OCH3 is 1. The molecule has 14 heteroatoms.